The lowest BCUT2D eigenvalue weighted by Crippen LogP contribution is -2.24. The van der Waals surface area contributed by atoms with Crippen molar-refractivity contribution in [1.82, 2.24) is 0 Å². The zero-order valence-corrected chi connectivity index (χ0v) is 28.4. The van der Waals surface area contributed by atoms with E-state index >= 15 is 0 Å². The molecule has 7 heteroatoms. The minimum absolute atomic E-state index is 0.266. The van der Waals surface area contributed by atoms with E-state index in [0.717, 1.165) is 86.0 Å². The second-order valence-corrected chi connectivity index (χ2v) is 14.1. The molecule has 0 unspecified atom stereocenters. The number of rotatable bonds is 6. The van der Waals surface area contributed by atoms with E-state index in [1.807, 2.05) is 94.7 Å². The predicted octanol–water partition coefficient (Wildman–Crippen LogP) is 13.5. The topological polar surface area (TPSA) is 19.6 Å². The molecule has 1 aromatic heterocycles. The number of halogens is 4. The first-order chi connectivity index (χ1) is 25.1. The minimum atomic E-state index is -0.665. The molecule has 1 heterocycles. The third-order valence-electron chi connectivity index (χ3n) is 10.2. The predicted molar refractivity (Wildman–Crippen MR) is 202 cm³/mol. The summed E-state index contributed by atoms with van der Waals surface area (Å²) in [6.45, 7) is 4.45. The quantitative estimate of drug-likeness (QED) is 0.162. The smallest absolute Gasteiger partial charge is 0.139 e. The molecule has 0 atom stereocenters. The fraction of sp³-hybridized carbons (Fsp3) is 0.111. The van der Waals surface area contributed by atoms with Crippen LogP contribution < -0.4 is 9.80 Å². The fourth-order valence-corrected chi connectivity index (χ4v) is 7.95. The molecule has 0 bridgehead atoms. The summed E-state index contributed by atoms with van der Waals surface area (Å²) in [7, 11) is 0. The summed E-state index contributed by atoms with van der Waals surface area (Å²) in [5.74, 6) is -2.63. The van der Waals surface area contributed by atoms with Crippen LogP contribution in [0.5, 0.6) is 0 Å². The van der Waals surface area contributed by atoms with Gasteiger partial charge in [-0.05, 0) is 113 Å². The molecule has 0 spiro atoms. The highest BCUT2D eigenvalue weighted by Gasteiger charge is 2.35. The van der Waals surface area contributed by atoms with Crippen LogP contribution in [0.4, 0.5) is 51.7 Å². The van der Waals surface area contributed by atoms with E-state index < -0.39 is 23.3 Å². The Bertz CT molecular complexity index is 2630. The number of hydrogen-bond donors (Lipinski definition) is 0. The van der Waals surface area contributed by atoms with Gasteiger partial charge in [0.15, 0.2) is 0 Å². The van der Waals surface area contributed by atoms with Crippen molar-refractivity contribution in [2.75, 3.05) is 9.80 Å². The van der Waals surface area contributed by atoms with E-state index in [9.17, 15) is 17.6 Å². The molecule has 256 valence electrons. The van der Waals surface area contributed by atoms with Gasteiger partial charge >= 0.3 is 0 Å². The van der Waals surface area contributed by atoms with E-state index in [2.05, 4.69) is 26.0 Å². The first-order valence-corrected chi connectivity index (χ1v) is 17.2. The Morgan fingerprint density at radius 1 is 0.538 bits per heavy atom. The number of para-hydroxylation sites is 2. The van der Waals surface area contributed by atoms with Crippen LogP contribution in [0.2, 0.25) is 0 Å². The highest BCUT2D eigenvalue weighted by molar-refractivity contribution is 6.15. The van der Waals surface area contributed by atoms with E-state index in [4.69, 9.17) is 4.42 Å². The first kappa shape index (κ1) is 31.9. The Labute approximate surface area is 297 Å². The number of benzene rings is 7. The Hall–Kier alpha value is -6.08. The van der Waals surface area contributed by atoms with E-state index in [0.29, 0.717) is 17.0 Å². The molecule has 0 radical (unpaired) electrons. The monoisotopic (exact) mass is 692 g/mol. The van der Waals surface area contributed by atoms with Crippen molar-refractivity contribution in [1.29, 1.82) is 0 Å². The summed E-state index contributed by atoms with van der Waals surface area (Å²) < 4.78 is 65.3. The second kappa shape index (κ2) is 12.0. The van der Waals surface area contributed by atoms with Crippen LogP contribution in [0.25, 0.3) is 32.7 Å². The van der Waals surface area contributed by atoms with Crippen molar-refractivity contribution in [3.8, 4) is 0 Å². The van der Waals surface area contributed by atoms with Gasteiger partial charge in [-0.1, -0.05) is 56.3 Å². The standard InChI is InChI=1S/C45H32F4N2O/c1-45(2)18-17-37-40(51(33-11-7-4-8-12-33)36-24-30(48)21-31(49)25-36)15-13-27-19-39-38-26-34(14-16-41(38)52-44(39)43(45)42(27)37)50(32-9-5-3-6-10-32)35-22-28(46)20-29(47)23-35/h3-16,19-26H,17-18H2,1-2H3. The SMILES string of the molecule is CC1(C)CCc2c(N(c3ccccc3)c3cc(F)cc(F)c3)ccc3cc4c(oc5ccc(N(c6ccccc6)c6cc(F)cc(F)c6)cc54)c1c23. The number of anilines is 6. The summed E-state index contributed by atoms with van der Waals surface area (Å²) in [4.78, 5) is 3.75. The van der Waals surface area contributed by atoms with Crippen LogP contribution in [0, 0.1) is 23.3 Å². The van der Waals surface area contributed by atoms with Crippen LogP contribution in [-0.4, -0.2) is 0 Å². The third kappa shape index (κ3) is 5.27. The van der Waals surface area contributed by atoms with Crippen LogP contribution >= 0.6 is 0 Å². The Kier molecular flexibility index (Phi) is 7.36. The molecular weight excluding hydrogens is 661 g/mol. The number of hydrogen-bond acceptors (Lipinski definition) is 3. The van der Waals surface area contributed by atoms with Gasteiger partial charge in [-0.2, -0.15) is 0 Å². The van der Waals surface area contributed by atoms with Crippen molar-refractivity contribution in [3.63, 3.8) is 0 Å². The largest absolute Gasteiger partial charge is 0.456 e. The summed E-state index contributed by atoms with van der Waals surface area (Å²) in [5.41, 5.74) is 7.20. The minimum Gasteiger partial charge on any atom is -0.456 e. The van der Waals surface area contributed by atoms with Gasteiger partial charge in [-0.25, -0.2) is 17.6 Å². The molecule has 0 fully saturated rings. The molecular formula is C45H32F4N2O. The van der Waals surface area contributed by atoms with Crippen LogP contribution in [0.15, 0.2) is 138 Å². The van der Waals surface area contributed by atoms with Gasteiger partial charge < -0.3 is 14.2 Å². The van der Waals surface area contributed by atoms with Gasteiger partial charge in [-0.15, -0.1) is 0 Å². The van der Waals surface area contributed by atoms with Gasteiger partial charge in [0, 0.05) is 51.2 Å². The van der Waals surface area contributed by atoms with Crippen LogP contribution in [0.3, 0.4) is 0 Å². The Balaban J connectivity index is 1.29. The molecule has 0 saturated carbocycles. The van der Waals surface area contributed by atoms with Crippen molar-refractivity contribution in [2.24, 2.45) is 0 Å². The molecule has 3 nitrogen and oxygen atoms in total. The molecule has 1 aliphatic rings. The highest BCUT2D eigenvalue weighted by Crippen LogP contribution is 2.51. The number of furan rings is 1. The van der Waals surface area contributed by atoms with Crippen LogP contribution in [-0.2, 0) is 11.8 Å². The number of aryl methyl sites for hydroxylation is 1. The average Bonchev–Trinajstić information content (AvgIpc) is 3.47. The summed E-state index contributed by atoms with van der Waals surface area (Å²) in [6, 6.07) is 38.3. The Morgan fingerprint density at radius 3 is 1.73 bits per heavy atom. The molecule has 0 N–H and O–H groups in total. The molecule has 7 aromatic carbocycles. The fourth-order valence-electron chi connectivity index (χ4n) is 7.95. The first-order valence-electron chi connectivity index (χ1n) is 17.2. The summed E-state index contributed by atoms with van der Waals surface area (Å²) in [6.07, 6.45) is 1.57. The lowest BCUT2D eigenvalue weighted by Gasteiger charge is -2.36. The lowest BCUT2D eigenvalue weighted by molar-refractivity contribution is 0.471. The molecule has 9 rings (SSSR count). The van der Waals surface area contributed by atoms with Gasteiger partial charge in [0.1, 0.15) is 34.4 Å². The molecule has 1 aliphatic carbocycles. The molecule has 0 aliphatic heterocycles. The molecule has 0 saturated heterocycles. The zero-order chi connectivity index (χ0) is 35.7. The molecule has 0 amide bonds. The van der Waals surface area contributed by atoms with Gasteiger partial charge in [0.25, 0.3) is 0 Å². The normalized spacial score (nSPS) is 13.6. The van der Waals surface area contributed by atoms with Crippen molar-refractivity contribution in [2.45, 2.75) is 32.1 Å². The van der Waals surface area contributed by atoms with Crippen molar-refractivity contribution < 1.29 is 22.0 Å². The second-order valence-electron chi connectivity index (χ2n) is 14.1. The average molecular weight is 693 g/mol. The maximum absolute atomic E-state index is 14.7. The zero-order valence-electron chi connectivity index (χ0n) is 28.4. The summed E-state index contributed by atoms with van der Waals surface area (Å²) in [5, 5.41) is 3.89. The maximum Gasteiger partial charge on any atom is 0.139 e. The van der Waals surface area contributed by atoms with Crippen molar-refractivity contribution >= 4 is 66.8 Å². The van der Waals surface area contributed by atoms with E-state index in [1.165, 1.54) is 24.3 Å². The lowest BCUT2D eigenvalue weighted by atomic mass is 9.71. The number of fused-ring (bicyclic) bond motifs is 4. The number of nitrogens with zero attached hydrogens (tertiary/aromatic N) is 2. The van der Waals surface area contributed by atoms with E-state index in [-0.39, 0.29) is 5.41 Å². The molecule has 52 heavy (non-hydrogen) atoms. The van der Waals surface area contributed by atoms with Gasteiger partial charge in [0.05, 0.1) is 11.4 Å². The highest BCUT2D eigenvalue weighted by atomic mass is 19.1. The summed E-state index contributed by atoms with van der Waals surface area (Å²) >= 11 is 0. The van der Waals surface area contributed by atoms with Crippen LogP contribution in [0.1, 0.15) is 31.4 Å². The maximum atomic E-state index is 14.7. The van der Waals surface area contributed by atoms with E-state index in [1.54, 1.807) is 0 Å². The van der Waals surface area contributed by atoms with Gasteiger partial charge in [-0.3, -0.25) is 0 Å². The third-order valence-corrected chi connectivity index (χ3v) is 10.2. The Morgan fingerprint density at radius 2 is 1.12 bits per heavy atom. The van der Waals surface area contributed by atoms with Gasteiger partial charge in [0.2, 0.25) is 0 Å². The van der Waals surface area contributed by atoms with Crippen molar-refractivity contribution in [3.05, 3.63) is 168 Å². The molecule has 8 aromatic rings.